The smallest absolute Gasteiger partial charge is 0.154 e. The lowest BCUT2D eigenvalue weighted by Gasteiger charge is -2.18. The van der Waals surface area contributed by atoms with Crippen LogP contribution in [0.25, 0.3) is 0 Å². The molecule has 0 saturated heterocycles. The molecule has 21 heavy (non-hydrogen) atoms. The van der Waals surface area contributed by atoms with Crippen molar-refractivity contribution in [3.63, 3.8) is 0 Å². The van der Waals surface area contributed by atoms with Gasteiger partial charge >= 0.3 is 0 Å². The molecule has 7 heteroatoms. The van der Waals surface area contributed by atoms with Crippen molar-refractivity contribution >= 4 is 0 Å². The molecule has 0 rings (SSSR count). The van der Waals surface area contributed by atoms with Gasteiger partial charge in [0, 0.05) is 13.2 Å². The zero-order valence-corrected chi connectivity index (χ0v) is 13.5. The van der Waals surface area contributed by atoms with E-state index in [4.69, 9.17) is 23.7 Å². The lowest BCUT2D eigenvalue weighted by Crippen LogP contribution is -2.30. The Morgan fingerprint density at radius 2 is 1.05 bits per heavy atom. The molecule has 7 nitrogen and oxygen atoms in total. The van der Waals surface area contributed by atoms with Crippen LogP contribution in [0.1, 0.15) is 27.7 Å². The van der Waals surface area contributed by atoms with Gasteiger partial charge in [0.25, 0.3) is 0 Å². The van der Waals surface area contributed by atoms with Crippen LogP contribution in [0.4, 0.5) is 0 Å². The maximum absolute atomic E-state index is 9.63. The first-order valence-corrected chi connectivity index (χ1v) is 7.39. The molecule has 0 aliphatic heterocycles. The Morgan fingerprint density at radius 3 is 1.38 bits per heavy atom. The van der Waals surface area contributed by atoms with Crippen LogP contribution in [0.3, 0.4) is 0 Å². The third-order valence-corrected chi connectivity index (χ3v) is 2.47. The largest absolute Gasteiger partial charge is 0.388 e. The highest BCUT2D eigenvalue weighted by atomic mass is 16.7. The van der Waals surface area contributed by atoms with E-state index in [-0.39, 0.29) is 39.0 Å². The number of ether oxygens (including phenoxy) is 5. The summed E-state index contributed by atoms with van der Waals surface area (Å²) in [6.45, 7) is 8.78. The third-order valence-electron chi connectivity index (χ3n) is 2.47. The molecule has 0 aliphatic carbocycles. The molecule has 0 spiro atoms. The van der Waals surface area contributed by atoms with Crippen molar-refractivity contribution in [2.45, 2.75) is 52.5 Å². The normalized spacial score (nSPS) is 17.4. The van der Waals surface area contributed by atoms with Gasteiger partial charge in [-0.05, 0) is 27.7 Å². The van der Waals surface area contributed by atoms with Crippen molar-refractivity contribution in [2.24, 2.45) is 0 Å². The first-order valence-electron chi connectivity index (χ1n) is 7.39. The van der Waals surface area contributed by atoms with E-state index in [1.54, 1.807) is 13.8 Å². The van der Waals surface area contributed by atoms with Crippen LogP contribution in [0, 0.1) is 0 Å². The van der Waals surface area contributed by atoms with E-state index in [2.05, 4.69) is 0 Å². The Hall–Kier alpha value is -0.280. The summed E-state index contributed by atoms with van der Waals surface area (Å²) >= 11 is 0. The average molecular weight is 310 g/mol. The van der Waals surface area contributed by atoms with E-state index in [1.165, 1.54) is 0 Å². The molecule has 0 radical (unpaired) electrons. The fraction of sp³-hybridized carbons (Fsp3) is 1.00. The molecule has 0 aliphatic rings. The molecule has 0 aromatic rings. The van der Waals surface area contributed by atoms with Crippen molar-refractivity contribution in [1.82, 2.24) is 0 Å². The summed E-state index contributed by atoms with van der Waals surface area (Å²) in [6, 6.07) is 0. The van der Waals surface area contributed by atoms with Gasteiger partial charge < -0.3 is 33.9 Å². The van der Waals surface area contributed by atoms with Crippen LogP contribution in [0.5, 0.6) is 0 Å². The van der Waals surface area contributed by atoms with E-state index >= 15 is 0 Å². The molecule has 4 unspecified atom stereocenters. The van der Waals surface area contributed by atoms with Gasteiger partial charge in [-0.1, -0.05) is 0 Å². The minimum Gasteiger partial charge on any atom is -0.388 e. The summed E-state index contributed by atoms with van der Waals surface area (Å²) < 4.78 is 26.0. The summed E-state index contributed by atoms with van der Waals surface area (Å²) in [6.07, 6.45) is -2.24. The van der Waals surface area contributed by atoms with E-state index in [0.717, 1.165) is 0 Å². The summed E-state index contributed by atoms with van der Waals surface area (Å²) in [5, 5.41) is 19.3. The average Bonchev–Trinajstić information content (AvgIpc) is 2.43. The molecule has 2 N–H and O–H groups in total. The predicted octanol–water partition coefficient (Wildman–Crippen LogP) is 0.523. The van der Waals surface area contributed by atoms with E-state index in [9.17, 15) is 10.2 Å². The van der Waals surface area contributed by atoms with Crippen LogP contribution in [0.2, 0.25) is 0 Å². The van der Waals surface area contributed by atoms with Crippen LogP contribution in [-0.2, 0) is 23.7 Å². The van der Waals surface area contributed by atoms with Crippen LogP contribution >= 0.6 is 0 Å². The Morgan fingerprint density at radius 1 is 0.667 bits per heavy atom. The molecule has 0 heterocycles. The van der Waals surface area contributed by atoms with Gasteiger partial charge in [-0.15, -0.1) is 0 Å². The number of rotatable bonds is 14. The lowest BCUT2D eigenvalue weighted by atomic mass is 10.4. The minimum atomic E-state index is -0.761. The Balaban J connectivity index is 3.54. The number of hydrogen-bond acceptors (Lipinski definition) is 7. The summed E-state index contributed by atoms with van der Waals surface area (Å²) in [4.78, 5) is 0. The van der Waals surface area contributed by atoms with E-state index < -0.39 is 12.2 Å². The first-order chi connectivity index (χ1) is 9.99. The topological polar surface area (TPSA) is 86.6 Å². The van der Waals surface area contributed by atoms with Gasteiger partial charge in [-0.2, -0.15) is 0 Å². The van der Waals surface area contributed by atoms with Crippen molar-refractivity contribution in [3.05, 3.63) is 0 Å². The summed E-state index contributed by atoms with van der Waals surface area (Å²) in [5.74, 6) is 0. The molecule has 0 aromatic heterocycles. The van der Waals surface area contributed by atoms with Crippen molar-refractivity contribution in [2.75, 3.05) is 39.6 Å². The molecule has 0 fully saturated rings. The first kappa shape index (κ1) is 20.7. The van der Waals surface area contributed by atoms with Gasteiger partial charge in [-0.3, -0.25) is 0 Å². The second-order valence-corrected chi connectivity index (χ2v) is 4.56. The number of hydrogen-bond donors (Lipinski definition) is 2. The van der Waals surface area contributed by atoms with Gasteiger partial charge in [-0.25, -0.2) is 0 Å². The number of aliphatic hydroxyl groups excluding tert-OH is 2. The molecular formula is C14H30O7. The van der Waals surface area contributed by atoms with Crippen LogP contribution in [0.15, 0.2) is 0 Å². The SMILES string of the molecule is CCOC(C)OCC(O)COCC(O)COC(C)OCC. The van der Waals surface area contributed by atoms with E-state index in [0.29, 0.717) is 13.2 Å². The second-order valence-electron chi connectivity index (χ2n) is 4.56. The van der Waals surface area contributed by atoms with Gasteiger partial charge in [0.15, 0.2) is 12.6 Å². The highest BCUT2D eigenvalue weighted by Crippen LogP contribution is 1.98. The molecular weight excluding hydrogens is 280 g/mol. The molecule has 4 atom stereocenters. The predicted molar refractivity (Wildman–Crippen MR) is 76.9 cm³/mol. The van der Waals surface area contributed by atoms with Crippen LogP contribution in [-0.4, -0.2) is 74.6 Å². The standard InChI is InChI=1S/C14H30O7/c1-5-18-11(3)20-9-13(15)7-17-8-14(16)10-21-12(4)19-6-2/h11-16H,5-10H2,1-4H3. The molecule has 0 aromatic carbocycles. The Labute approximate surface area is 127 Å². The van der Waals surface area contributed by atoms with Crippen molar-refractivity contribution in [3.8, 4) is 0 Å². The lowest BCUT2D eigenvalue weighted by molar-refractivity contribution is -0.158. The Kier molecular flexibility index (Phi) is 13.2. The molecule has 0 amide bonds. The maximum Gasteiger partial charge on any atom is 0.154 e. The summed E-state index contributed by atoms with van der Waals surface area (Å²) in [5.41, 5.74) is 0. The quantitative estimate of drug-likeness (QED) is 0.452. The fourth-order valence-electron chi connectivity index (χ4n) is 1.50. The highest BCUT2D eigenvalue weighted by Gasteiger charge is 2.11. The van der Waals surface area contributed by atoms with Gasteiger partial charge in [0.2, 0.25) is 0 Å². The van der Waals surface area contributed by atoms with Crippen molar-refractivity contribution in [1.29, 1.82) is 0 Å². The second kappa shape index (κ2) is 13.4. The molecule has 0 saturated carbocycles. The van der Waals surface area contributed by atoms with Gasteiger partial charge in [0.05, 0.1) is 26.4 Å². The fourth-order valence-corrected chi connectivity index (χ4v) is 1.50. The van der Waals surface area contributed by atoms with E-state index in [1.807, 2.05) is 13.8 Å². The Bertz CT molecular complexity index is 205. The van der Waals surface area contributed by atoms with Crippen LogP contribution < -0.4 is 0 Å². The maximum atomic E-state index is 9.63. The number of aliphatic hydroxyl groups is 2. The summed E-state index contributed by atoms with van der Waals surface area (Å²) in [7, 11) is 0. The van der Waals surface area contributed by atoms with Crippen molar-refractivity contribution < 1.29 is 33.9 Å². The van der Waals surface area contributed by atoms with Gasteiger partial charge in [0.1, 0.15) is 12.2 Å². The third kappa shape index (κ3) is 13.1. The molecule has 128 valence electrons. The zero-order valence-electron chi connectivity index (χ0n) is 13.5. The monoisotopic (exact) mass is 310 g/mol. The molecule has 0 bridgehead atoms. The zero-order chi connectivity index (χ0) is 16.1. The minimum absolute atomic E-state index is 0.0803. The highest BCUT2D eigenvalue weighted by molar-refractivity contribution is 4.56.